The average molecular weight is 206 g/mol. The number of carbonyl (C=O) groups is 1. The quantitative estimate of drug-likeness (QED) is 0.653. The van der Waals surface area contributed by atoms with Gasteiger partial charge in [0.2, 0.25) is 5.69 Å². The van der Waals surface area contributed by atoms with Gasteiger partial charge in [-0.05, 0) is 22.4 Å². The van der Waals surface area contributed by atoms with Crippen LogP contribution in [0.1, 0.15) is 10.5 Å². The molecule has 0 atom stereocenters. The first-order chi connectivity index (χ1) is 7.33. The Kier molecular flexibility index (Phi) is 2.48. The van der Waals surface area contributed by atoms with Crippen LogP contribution in [0.25, 0.3) is 11.3 Å². The second-order valence-electron chi connectivity index (χ2n) is 2.69. The van der Waals surface area contributed by atoms with Gasteiger partial charge >= 0.3 is 5.91 Å². The van der Waals surface area contributed by atoms with Gasteiger partial charge < -0.3 is 10.7 Å². The van der Waals surface area contributed by atoms with E-state index in [1.54, 1.807) is 18.3 Å². The van der Waals surface area contributed by atoms with Crippen molar-refractivity contribution in [3.63, 3.8) is 0 Å². The zero-order valence-electron chi connectivity index (χ0n) is 7.45. The number of nitrogens with zero attached hydrogens (tertiary/aromatic N) is 3. The summed E-state index contributed by atoms with van der Waals surface area (Å²) in [5, 5.41) is 17.2. The molecular weight excluding hydrogens is 200 g/mol. The van der Waals surface area contributed by atoms with E-state index in [1.807, 2.05) is 0 Å². The summed E-state index contributed by atoms with van der Waals surface area (Å²) in [7, 11) is 0. The predicted octanol–water partition coefficient (Wildman–Crippen LogP) is -0.667. The molecule has 0 aliphatic carbocycles. The highest BCUT2D eigenvalue weighted by Crippen LogP contribution is 2.17. The number of hydrogen-bond donors (Lipinski definition) is 1. The molecule has 2 N–H and O–H groups in total. The van der Waals surface area contributed by atoms with E-state index in [0.717, 1.165) is 0 Å². The third-order valence-corrected chi connectivity index (χ3v) is 1.76. The van der Waals surface area contributed by atoms with Gasteiger partial charge in [0.15, 0.2) is 5.69 Å². The largest absolute Gasteiger partial charge is 0.628 e. The molecule has 0 saturated heterocycles. The lowest BCUT2D eigenvalue weighted by Crippen LogP contribution is -2.81. The standard InChI is InChI=1S/C8H6N4O3/c13-8(10-14)7-6(11-15-12-7)5-2-1-3-9-4-5/h1-4H,10H2. The normalized spacial score (nSPS) is 10.2. The van der Waals surface area contributed by atoms with Crippen LogP contribution in [0.2, 0.25) is 0 Å². The maximum absolute atomic E-state index is 11.1. The van der Waals surface area contributed by atoms with Crippen LogP contribution >= 0.6 is 0 Å². The molecule has 0 fully saturated rings. The first kappa shape index (κ1) is 9.44. The number of quaternary nitrogens is 1. The number of nitrogens with two attached hydrogens (primary N) is 1. The highest BCUT2D eigenvalue weighted by molar-refractivity contribution is 5.91. The number of aromatic nitrogens is 3. The molecule has 2 aromatic rings. The third-order valence-electron chi connectivity index (χ3n) is 1.76. The summed E-state index contributed by atoms with van der Waals surface area (Å²) in [6.45, 7) is 0. The lowest BCUT2D eigenvalue weighted by Gasteiger charge is -1.97. The van der Waals surface area contributed by atoms with Gasteiger partial charge in [0.25, 0.3) is 0 Å². The number of amides is 1. The molecule has 2 aromatic heterocycles. The van der Waals surface area contributed by atoms with E-state index in [1.165, 1.54) is 6.20 Å². The summed E-state index contributed by atoms with van der Waals surface area (Å²) in [6.07, 6.45) is 3.08. The Morgan fingerprint density at radius 1 is 1.47 bits per heavy atom. The molecular formula is C8H6N4O3. The van der Waals surface area contributed by atoms with Crippen molar-refractivity contribution in [2.24, 2.45) is 0 Å². The molecule has 0 unspecified atom stereocenters. The van der Waals surface area contributed by atoms with Gasteiger partial charge in [-0.2, -0.15) is 0 Å². The second kappa shape index (κ2) is 3.95. The summed E-state index contributed by atoms with van der Waals surface area (Å²) in [6, 6.07) is 3.37. The van der Waals surface area contributed by atoms with E-state index in [2.05, 4.69) is 19.9 Å². The molecule has 76 valence electrons. The van der Waals surface area contributed by atoms with Crippen LogP contribution < -0.4 is 5.48 Å². The fraction of sp³-hybridized carbons (Fsp3) is 0. The van der Waals surface area contributed by atoms with E-state index < -0.39 is 5.91 Å². The van der Waals surface area contributed by atoms with E-state index in [-0.39, 0.29) is 16.9 Å². The Hall–Kier alpha value is -2.12. The summed E-state index contributed by atoms with van der Waals surface area (Å²) in [4.78, 5) is 15.0. The van der Waals surface area contributed by atoms with Crippen LogP contribution in [0, 0.1) is 5.21 Å². The highest BCUT2D eigenvalue weighted by Gasteiger charge is 2.20. The Morgan fingerprint density at radius 3 is 3.00 bits per heavy atom. The molecule has 0 aliphatic heterocycles. The number of rotatable bonds is 2. The molecule has 0 aromatic carbocycles. The summed E-state index contributed by atoms with van der Waals surface area (Å²) in [5.74, 6) is -0.768. The van der Waals surface area contributed by atoms with Crippen molar-refractivity contribution in [1.82, 2.24) is 15.3 Å². The first-order valence-electron chi connectivity index (χ1n) is 4.05. The topological polar surface area (TPSA) is 109 Å². The highest BCUT2D eigenvalue weighted by atomic mass is 16.6. The van der Waals surface area contributed by atoms with Gasteiger partial charge in [0.1, 0.15) is 0 Å². The number of hydroxylamine groups is 1. The van der Waals surface area contributed by atoms with Gasteiger partial charge in [-0.3, -0.25) is 4.98 Å². The van der Waals surface area contributed by atoms with Crippen LogP contribution in [0.3, 0.4) is 0 Å². The van der Waals surface area contributed by atoms with Gasteiger partial charge in [-0.25, -0.2) is 9.42 Å². The van der Waals surface area contributed by atoms with Crippen molar-refractivity contribution < 1.29 is 14.9 Å². The van der Waals surface area contributed by atoms with Crippen LogP contribution in [0.4, 0.5) is 0 Å². The monoisotopic (exact) mass is 206 g/mol. The van der Waals surface area contributed by atoms with E-state index >= 15 is 0 Å². The minimum absolute atomic E-state index is 0.0991. The number of pyridine rings is 1. The van der Waals surface area contributed by atoms with Crippen molar-refractivity contribution in [1.29, 1.82) is 0 Å². The van der Waals surface area contributed by atoms with Crippen LogP contribution in [0.15, 0.2) is 29.2 Å². The lowest BCUT2D eigenvalue weighted by molar-refractivity contribution is -0.482. The van der Waals surface area contributed by atoms with Crippen molar-refractivity contribution in [3.05, 3.63) is 35.4 Å². The smallest absolute Gasteiger partial charge is 0.367 e. The minimum Gasteiger partial charge on any atom is -0.628 e. The molecule has 0 aliphatic rings. The molecule has 15 heavy (non-hydrogen) atoms. The van der Waals surface area contributed by atoms with E-state index in [9.17, 15) is 10.0 Å². The summed E-state index contributed by atoms with van der Waals surface area (Å²) < 4.78 is 4.42. The lowest BCUT2D eigenvalue weighted by atomic mass is 10.1. The maximum Gasteiger partial charge on any atom is 0.367 e. The molecule has 7 heteroatoms. The molecule has 7 nitrogen and oxygen atoms in total. The first-order valence-corrected chi connectivity index (χ1v) is 4.05. The molecule has 1 amide bonds. The summed E-state index contributed by atoms with van der Waals surface area (Å²) in [5.41, 5.74) is 0.863. The Morgan fingerprint density at radius 2 is 2.33 bits per heavy atom. The molecule has 0 bridgehead atoms. The molecule has 0 radical (unpaired) electrons. The summed E-state index contributed by atoms with van der Waals surface area (Å²) >= 11 is 0. The zero-order valence-corrected chi connectivity index (χ0v) is 7.45. The SMILES string of the molecule is O=C([NH2+][O-])c1nonc1-c1cccnc1. The van der Waals surface area contributed by atoms with E-state index in [4.69, 9.17) is 0 Å². The Balaban J connectivity index is 2.46. The maximum atomic E-state index is 11.1. The van der Waals surface area contributed by atoms with Crippen molar-refractivity contribution in [2.75, 3.05) is 0 Å². The van der Waals surface area contributed by atoms with Gasteiger partial charge in [-0.15, -0.1) is 0 Å². The fourth-order valence-corrected chi connectivity index (χ4v) is 1.10. The van der Waals surface area contributed by atoms with Crippen LogP contribution in [-0.2, 0) is 0 Å². The van der Waals surface area contributed by atoms with Crippen molar-refractivity contribution in [2.45, 2.75) is 0 Å². The third kappa shape index (κ3) is 1.73. The molecule has 0 spiro atoms. The predicted molar refractivity (Wildman–Crippen MR) is 47.2 cm³/mol. The Labute approximate surface area is 83.7 Å². The zero-order chi connectivity index (χ0) is 10.7. The number of hydrogen-bond acceptors (Lipinski definition) is 6. The van der Waals surface area contributed by atoms with Crippen LogP contribution in [-0.4, -0.2) is 21.2 Å². The molecule has 0 saturated carbocycles. The minimum atomic E-state index is -0.768. The van der Waals surface area contributed by atoms with Crippen molar-refractivity contribution >= 4 is 5.91 Å². The fourth-order valence-electron chi connectivity index (χ4n) is 1.10. The van der Waals surface area contributed by atoms with Gasteiger partial charge in [0.05, 0.1) is 0 Å². The molecule has 2 rings (SSSR count). The number of carbonyl (C=O) groups excluding carboxylic acids is 1. The average Bonchev–Trinajstić information content (AvgIpc) is 2.78. The number of primary amides is 1. The van der Waals surface area contributed by atoms with Gasteiger partial charge in [0, 0.05) is 18.0 Å². The molecule has 2 heterocycles. The van der Waals surface area contributed by atoms with Crippen LogP contribution in [0.5, 0.6) is 0 Å². The van der Waals surface area contributed by atoms with Gasteiger partial charge in [-0.1, -0.05) is 0 Å². The van der Waals surface area contributed by atoms with Crippen molar-refractivity contribution in [3.8, 4) is 11.3 Å². The van der Waals surface area contributed by atoms with E-state index in [0.29, 0.717) is 5.56 Å². The second-order valence-corrected chi connectivity index (χ2v) is 2.69. The Bertz CT molecular complexity index is 468.